The Labute approximate surface area is 139 Å². The quantitative estimate of drug-likeness (QED) is 0.880. The van der Waals surface area contributed by atoms with Crippen LogP contribution in [0.25, 0.3) is 11.1 Å². The Morgan fingerprint density at radius 1 is 1.29 bits per heavy atom. The number of aromatic nitrogens is 1. The Morgan fingerprint density at radius 2 is 2.12 bits per heavy atom. The van der Waals surface area contributed by atoms with Gasteiger partial charge in [0, 0.05) is 24.4 Å². The summed E-state index contributed by atoms with van der Waals surface area (Å²) in [6.45, 7) is 2.40. The summed E-state index contributed by atoms with van der Waals surface area (Å²) >= 11 is 0. The highest BCUT2D eigenvalue weighted by Crippen LogP contribution is 2.30. The molecule has 24 heavy (non-hydrogen) atoms. The fourth-order valence-corrected chi connectivity index (χ4v) is 2.67. The summed E-state index contributed by atoms with van der Waals surface area (Å²) in [5.41, 5.74) is 3.23. The van der Waals surface area contributed by atoms with Crippen LogP contribution in [0.1, 0.15) is 29.3 Å². The average molecular weight is 326 g/mol. The van der Waals surface area contributed by atoms with Crippen molar-refractivity contribution in [3.8, 4) is 16.9 Å². The lowest BCUT2D eigenvalue weighted by molar-refractivity contribution is -0.139. The maximum absolute atomic E-state index is 12.3. The fourth-order valence-electron chi connectivity index (χ4n) is 2.67. The van der Waals surface area contributed by atoms with E-state index >= 15 is 0 Å². The number of nitrogens with zero attached hydrogens (tertiary/aromatic N) is 1. The van der Waals surface area contributed by atoms with E-state index in [-0.39, 0.29) is 0 Å². The third-order valence-corrected chi connectivity index (χ3v) is 4.03. The van der Waals surface area contributed by atoms with Gasteiger partial charge in [0.25, 0.3) is 5.91 Å². The summed E-state index contributed by atoms with van der Waals surface area (Å²) in [6, 6.07) is 6.69. The van der Waals surface area contributed by atoms with Gasteiger partial charge in [-0.05, 0) is 35.7 Å². The standard InChI is InChI=1S/C18H18N2O4/c1-2-15(18(22)23)20-17(21)14-8-13(9-19-10-14)11-3-4-16-12(7-11)5-6-24-16/h3-4,7-10,15H,2,5-6H2,1H3,(H,20,21)(H,22,23). The summed E-state index contributed by atoms with van der Waals surface area (Å²) in [4.78, 5) is 27.4. The topological polar surface area (TPSA) is 88.5 Å². The number of amides is 1. The van der Waals surface area contributed by atoms with Gasteiger partial charge >= 0.3 is 5.97 Å². The maximum atomic E-state index is 12.3. The van der Waals surface area contributed by atoms with Gasteiger partial charge < -0.3 is 15.2 Å². The van der Waals surface area contributed by atoms with E-state index in [1.807, 2.05) is 18.2 Å². The summed E-state index contributed by atoms with van der Waals surface area (Å²) < 4.78 is 5.49. The van der Waals surface area contributed by atoms with Gasteiger partial charge in [-0.25, -0.2) is 4.79 Å². The highest BCUT2D eigenvalue weighted by Gasteiger charge is 2.19. The monoisotopic (exact) mass is 326 g/mol. The molecule has 2 heterocycles. The number of pyridine rings is 1. The number of rotatable bonds is 5. The first kappa shape index (κ1) is 16.0. The lowest BCUT2D eigenvalue weighted by Crippen LogP contribution is -2.40. The smallest absolute Gasteiger partial charge is 0.326 e. The Hall–Kier alpha value is -2.89. The number of carboxylic acid groups (broad SMARTS) is 1. The zero-order chi connectivity index (χ0) is 17.1. The third kappa shape index (κ3) is 3.22. The van der Waals surface area contributed by atoms with E-state index in [1.165, 1.54) is 6.20 Å². The van der Waals surface area contributed by atoms with E-state index in [4.69, 9.17) is 9.84 Å². The number of aliphatic carboxylic acids is 1. The van der Waals surface area contributed by atoms with Crippen LogP contribution in [0.2, 0.25) is 0 Å². The number of carboxylic acids is 1. The fraction of sp³-hybridized carbons (Fsp3) is 0.278. The molecule has 1 aromatic carbocycles. The highest BCUT2D eigenvalue weighted by molar-refractivity contribution is 5.97. The summed E-state index contributed by atoms with van der Waals surface area (Å²) in [5, 5.41) is 11.6. The van der Waals surface area contributed by atoms with E-state index in [9.17, 15) is 9.59 Å². The van der Waals surface area contributed by atoms with Crippen molar-refractivity contribution in [2.45, 2.75) is 25.8 Å². The molecule has 6 heteroatoms. The first-order valence-corrected chi connectivity index (χ1v) is 7.83. The molecular formula is C18H18N2O4. The predicted octanol–water partition coefficient (Wildman–Crippen LogP) is 2.28. The number of nitrogens with one attached hydrogen (secondary N) is 1. The second-order valence-electron chi connectivity index (χ2n) is 5.66. The summed E-state index contributed by atoms with van der Waals surface area (Å²) in [7, 11) is 0. The van der Waals surface area contributed by atoms with Gasteiger partial charge in [0.05, 0.1) is 12.2 Å². The Kier molecular flexibility index (Phi) is 4.46. The van der Waals surface area contributed by atoms with Gasteiger partial charge in [-0.2, -0.15) is 0 Å². The van der Waals surface area contributed by atoms with E-state index in [0.717, 1.165) is 28.9 Å². The van der Waals surface area contributed by atoms with E-state index in [1.54, 1.807) is 19.2 Å². The molecule has 1 aliphatic rings. The molecule has 2 aromatic rings. The molecule has 0 fully saturated rings. The van der Waals surface area contributed by atoms with E-state index in [2.05, 4.69) is 10.3 Å². The van der Waals surface area contributed by atoms with Gasteiger partial charge in [0.1, 0.15) is 11.8 Å². The van der Waals surface area contributed by atoms with Crippen molar-refractivity contribution in [1.29, 1.82) is 0 Å². The average Bonchev–Trinajstić information content (AvgIpc) is 3.07. The Balaban J connectivity index is 1.84. The van der Waals surface area contributed by atoms with Gasteiger partial charge in [-0.1, -0.05) is 13.0 Å². The molecule has 0 saturated heterocycles. The zero-order valence-electron chi connectivity index (χ0n) is 13.3. The number of hydrogen-bond donors (Lipinski definition) is 2. The van der Waals surface area contributed by atoms with Crippen molar-refractivity contribution in [3.05, 3.63) is 47.8 Å². The van der Waals surface area contributed by atoms with Crippen LogP contribution in [-0.4, -0.2) is 34.6 Å². The predicted molar refractivity (Wildman–Crippen MR) is 88.1 cm³/mol. The van der Waals surface area contributed by atoms with Crippen LogP contribution in [0, 0.1) is 0 Å². The molecule has 0 aliphatic carbocycles. The van der Waals surface area contributed by atoms with Crippen molar-refractivity contribution in [2.24, 2.45) is 0 Å². The van der Waals surface area contributed by atoms with Crippen molar-refractivity contribution < 1.29 is 19.4 Å². The number of ether oxygens (including phenoxy) is 1. The molecule has 1 atom stereocenters. The normalized spacial score (nSPS) is 13.7. The second-order valence-corrected chi connectivity index (χ2v) is 5.66. The molecule has 0 saturated carbocycles. The SMILES string of the molecule is CCC(NC(=O)c1cncc(-c2ccc3c(c2)CCO3)c1)C(=O)O. The maximum Gasteiger partial charge on any atom is 0.326 e. The molecule has 2 N–H and O–H groups in total. The lowest BCUT2D eigenvalue weighted by atomic mass is 10.0. The molecule has 1 amide bonds. The van der Waals surface area contributed by atoms with Crippen LogP contribution in [0.3, 0.4) is 0 Å². The van der Waals surface area contributed by atoms with Gasteiger partial charge in [-0.3, -0.25) is 9.78 Å². The van der Waals surface area contributed by atoms with Gasteiger partial charge in [0.2, 0.25) is 0 Å². The largest absolute Gasteiger partial charge is 0.493 e. The molecule has 124 valence electrons. The number of hydrogen-bond acceptors (Lipinski definition) is 4. The number of carbonyl (C=O) groups excluding carboxylic acids is 1. The van der Waals surface area contributed by atoms with Crippen molar-refractivity contribution in [2.75, 3.05) is 6.61 Å². The van der Waals surface area contributed by atoms with Crippen LogP contribution < -0.4 is 10.1 Å². The molecule has 6 nitrogen and oxygen atoms in total. The molecule has 0 radical (unpaired) electrons. The van der Waals surface area contributed by atoms with E-state index < -0.39 is 17.9 Å². The van der Waals surface area contributed by atoms with Crippen LogP contribution in [0.5, 0.6) is 5.75 Å². The van der Waals surface area contributed by atoms with Gasteiger partial charge in [-0.15, -0.1) is 0 Å². The van der Waals surface area contributed by atoms with Crippen molar-refractivity contribution in [3.63, 3.8) is 0 Å². The number of benzene rings is 1. The van der Waals surface area contributed by atoms with Gasteiger partial charge in [0.15, 0.2) is 0 Å². The summed E-state index contributed by atoms with van der Waals surface area (Å²) in [5.74, 6) is -0.593. The minimum Gasteiger partial charge on any atom is -0.493 e. The first-order valence-electron chi connectivity index (χ1n) is 7.83. The molecule has 0 spiro atoms. The second kappa shape index (κ2) is 6.70. The first-order chi connectivity index (χ1) is 11.6. The molecule has 1 aliphatic heterocycles. The molecular weight excluding hydrogens is 308 g/mol. The number of fused-ring (bicyclic) bond motifs is 1. The Morgan fingerprint density at radius 3 is 2.88 bits per heavy atom. The highest BCUT2D eigenvalue weighted by atomic mass is 16.5. The van der Waals surface area contributed by atoms with E-state index in [0.29, 0.717) is 18.6 Å². The molecule has 1 unspecified atom stereocenters. The lowest BCUT2D eigenvalue weighted by Gasteiger charge is -2.12. The third-order valence-electron chi connectivity index (χ3n) is 4.03. The minimum atomic E-state index is -1.05. The molecule has 0 bridgehead atoms. The van der Waals surface area contributed by atoms with Crippen LogP contribution in [0.15, 0.2) is 36.7 Å². The Bertz CT molecular complexity index is 788. The minimum absolute atomic E-state index is 0.318. The zero-order valence-corrected chi connectivity index (χ0v) is 13.3. The van der Waals surface area contributed by atoms with Crippen LogP contribution >= 0.6 is 0 Å². The molecule has 1 aromatic heterocycles. The summed E-state index contributed by atoms with van der Waals surface area (Å²) in [6.07, 6.45) is 4.30. The number of carbonyl (C=O) groups is 2. The molecule has 3 rings (SSSR count). The van der Waals surface area contributed by atoms with Crippen molar-refractivity contribution in [1.82, 2.24) is 10.3 Å². The van der Waals surface area contributed by atoms with Crippen LogP contribution in [0.4, 0.5) is 0 Å². The van der Waals surface area contributed by atoms with Crippen molar-refractivity contribution >= 4 is 11.9 Å². The van der Waals surface area contributed by atoms with Crippen LogP contribution in [-0.2, 0) is 11.2 Å².